The molecule has 0 saturated heterocycles. The summed E-state index contributed by atoms with van der Waals surface area (Å²) in [5.41, 5.74) is 3.07. The zero-order chi connectivity index (χ0) is 16.8. The average molecular weight is 320 g/mol. The second-order valence-corrected chi connectivity index (χ2v) is 7.58. The van der Waals surface area contributed by atoms with Crippen molar-refractivity contribution in [1.82, 2.24) is 0 Å². The van der Waals surface area contributed by atoms with Crippen molar-refractivity contribution in [1.29, 1.82) is 0 Å². The van der Waals surface area contributed by atoms with E-state index < -0.39 is 9.84 Å². The van der Waals surface area contributed by atoms with Gasteiger partial charge in [0.15, 0.2) is 0 Å². The zero-order valence-corrected chi connectivity index (χ0v) is 14.2. The van der Waals surface area contributed by atoms with Crippen molar-refractivity contribution in [2.45, 2.75) is 44.4 Å². The van der Waals surface area contributed by atoms with Crippen molar-refractivity contribution in [2.24, 2.45) is 0 Å². The zero-order valence-electron chi connectivity index (χ0n) is 13.4. The summed E-state index contributed by atoms with van der Waals surface area (Å²) in [6, 6.07) is 4.55. The van der Waals surface area contributed by atoms with Crippen LogP contribution < -0.4 is 0 Å². The maximum absolute atomic E-state index is 13.0. The van der Waals surface area contributed by atoms with E-state index in [1.165, 1.54) is 12.1 Å². The second kappa shape index (κ2) is 5.32. The minimum absolute atomic E-state index is 0.0347. The monoisotopic (exact) mass is 320 g/mol. The van der Waals surface area contributed by atoms with Crippen LogP contribution in [-0.4, -0.2) is 18.6 Å². The number of benzene rings is 2. The van der Waals surface area contributed by atoms with Gasteiger partial charge in [0.2, 0.25) is 9.84 Å². The van der Waals surface area contributed by atoms with Crippen LogP contribution in [0, 0.1) is 34.6 Å². The highest BCUT2D eigenvalue weighted by Gasteiger charge is 2.27. The van der Waals surface area contributed by atoms with Crippen LogP contribution in [0.3, 0.4) is 0 Å². The van der Waals surface area contributed by atoms with Crippen LogP contribution in [0.1, 0.15) is 27.8 Å². The van der Waals surface area contributed by atoms with Crippen LogP contribution in [0.25, 0.3) is 0 Å². The van der Waals surface area contributed by atoms with Crippen molar-refractivity contribution in [3.8, 4) is 11.5 Å². The minimum atomic E-state index is -3.92. The molecule has 0 atom stereocenters. The lowest BCUT2D eigenvalue weighted by Crippen LogP contribution is -2.08. The van der Waals surface area contributed by atoms with Crippen molar-refractivity contribution in [3.63, 3.8) is 0 Å². The van der Waals surface area contributed by atoms with Gasteiger partial charge in [0.1, 0.15) is 16.4 Å². The summed E-state index contributed by atoms with van der Waals surface area (Å²) in [7, 11) is -3.92. The standard InChI is InChI=1S/C17H20O4S/c1-9-7-14(18)15(8-10(9)2)22(20,21)17-12(4)6-11(3)16(19)13(17)5/h6-8,18-19H,1-5H3. The number of hydrogen-bond acceptors (Lipinski definition) is 4. The number of aryl methyl sites for hydroxylation is 4. The Kier molecular flexibility index (Phi) is 3.96. The van der Waals surface area contributed by atoms with E-state index in [0.717, 1.165) is 11.1 Å². The summed E-state index contributed by atoms with van der Waals surface area (Å²) in [6.45, 7) is 8.57. The van der Waals surface area contributed by atoms with Gasteiger partial charge in [-0.05, 0) is 69.0 Å². The van der Waals surface area contributed by atoms with Gasteiger partial charge in [-0.1, -0.05) is 6.07 Å². The number of sulfone groups is 1. The van der Waals surface area contributed by atoms with Gasteiger partial charge in [-0.25, -0.2) is 8.42 Å². The average Bonchev–Trinajstić information content (AvgIpc) is 2.39. The summed E-state index contributed by atoms with van der Waals surface area (Å²) in [5.74, 6) is -0.311. The third kappa shape index (κ3) is 2.46. The maximum atomic E-state index is 13.0. The third-order valence-corrected chi connectivity index (χ3v) is 6.07. The van der Waals surface area contributed by atoms with Gasteiger partial charge in [0.25, 0.3) is 0 Å². The number of phenols is 2. The number of rotatable bonds is 2. The molecule has 2 aromatic rings. The molecule has 0 aromatic heterocycles. The van der Waals surface area contributed by atoms with Crippen molar-refractivity contribution < 1.29 is 18.6 Å². The maximum Gasteiger partial charge on any atom is 0.210 e. The lowest BCUT2D eigenvalue weighted by atomic mass is 10.1. The van der Waals surface area contributed by atoms with Gasteiger partial charge in [-0.15, -0.1) is 0 Å². The summed E-state index contributed by atoms with van der Waals surface area (Å²) in [5, 5.41) is 20.1. The number of phenolic OH excluding ortho intramolecular Hbond substituents is 2. The van der Waals surface area contributed by atoms with Gasteiger partial charge in [0, 0.05) is 5.56 Å². The highest BCUT2D eigenvalue weighted by molar-refractivity contribution is 7.91. The Labute approximate surface area is 131 Å². The summed E-state index contributed by atoms with van der Waals surface area (Å²) >= 11 is 0. The molecule has 2 aromatic carbocycles. The molecule has 0 radical (unpaired) electrons. The molecule has 118 valence electrons. The lowest BCUT2D eigenvalue weighted by Gasteiger charge is -2.16. The molecular formula is C17H20O4S. The van der Waals surface area contributed by atoms with Crippen LogP contribution in [-0.2, 0) is 9.84 Å². The number of aromatic hydroxyl groups is 2. The molecule has 0 amide bonds. The second-order valence-electron chi connectivity index (χ2n) is 5.72. The molecular weight excluding hydrogens is 300 g/mol. The van der Waals surface area contributed by atoms with E-state index in [4.69, 9.17) is 0 Å². The highest BCUT2D eigenvalue weighted by Crippen LogP contribution is 2.37. The Morgan fingerprint density at radius 2 is 1.32 bits per heavy atom. The van der Waals surface area contributed by atoms with E-state index >= 15 is 0 Å². The first-order valence-electron chi connectivity index (χ1n) is 6.92. The Bertz CT molecular complexity index is 865. The quantitative estimate of drug-likeness (QED) is 0.888. The Balaban J connectivity index is 2.83. The van der Waals surface area contributed by atoms with Crippen molar-refractivity contribution in [2.75, 3.05) is 0 Å². The van der Waals surface area contributed by atoms with E-state index in [2.05, 4.69) is 0 Å². The van der Waals surface area contributed by atoms with Gasteiger partial charge < -0.3 is 10.2 Å². The first kappa shape index (κ1) is 16.4. The molecule has 0 bridgehead atoms. The SMILES string of the molecule is Cc1cc(O)c(S(=O)(=O)c2c(C)cc(C)c(O)c2C)cc1C. The van der Waals surface area contributed by atoms with E-state index in [1.807, 2.05) is 0 Å². The number of hydrogen-bond donors (Lipinski definition) is 2. The van der Waals surface area contributed by atoms with E-state index in [9.17, 15) is 18.6 Å². The molecule has 0 fully saturated rings. The van der Waals surface area contributed by atoms with Crippen LogP contribution in [0.4, 0.5) is 0 Å². The molecule has 22 heavy (non-hydrogen) atoms. The smallest absolute Gasteiger partial charge is 0.210 e. The van der Waals surface area contributed by atoms with Crippen LogP contribution in [0.5, 0.6) is 11.5 Å². The Morgan fingerprint density at radius 3 is 1.91 bits per heavy atom. The summed E-state index contributed by atoms with van der Waals surface area (Å²) in [4.78, 5) is -0.0841. The normalized spacial score (nSPS) is 11.7. The van der Waals surface area contributed by atoms with Crippen molar-refractivity contribution in [3.05, 3.63) is 46.0 Å². The van der Waals surface area contributed by atoms with E-state index in [1.54, 1.807) is 40.7 Å². The summed E-state index contributed by atoms with van der Waals surface area (Å²) < 4.78 is 25.9. The predicted octanol–water partition coefficient (Wildman–Crippen LogP) is 3.47. The first-order chi connectivity index (χ1) is 10.1. The Hall–Kier alpha value is -2.01. The fourth-order valence-electron chi connectivity index (χ4n) is 2.67. The van der Waals surface area contributed by atoms with Gasteiger partial charge in [-0.2, -0.15) is 0 Å². The van der Waals surface area contributed by atoms with Crippen LogP contribution >= 0.6 is 0 Å². The van der Waals surface area contributed by atoms with Crippen molar-refractivity contribution >= 4 is 9.84 Å². The minimum Gasteiger partial charge on any atom is -0.507 e. The molecule has 0 aliphatic rings. The van der Waals surface area contributed by atoms with E-state index in [0.29, 0.717) is 16.7 Å². The molecule has 0 aliphatic carbocycles. The molecule has 0 spiro atoms. The lowest BCUT2D eigenvalue weighted by molar-refractivity contribution is 0.456. The largest absolute Gasteiger partial charge is 0.507 e. The van der Waals surface area contributed by atoms with E-state index in [-0.39, 0.29) is 21.3 Å². The highest BCUT2D eigenvalue weighted by atomic mass is 32.2. The van der Waals surface area contributed by atoms with Crippen LogP contribution in [0.15, 0.2) is 28.0 Å². The molecule has 0 saturated carbocycles. The topological polar surface area (TPSA) is 74.6 Å². The van der Waals surface area contributed by atoms with Gasteiger partial charge in [0.05, 0.1) is 4.90 Å². The molecule has 5 heteroatoms. The molecule has 2 rings (SSSR count). The predicted molar refractivity (Wildman–Crippen MR) is 85.4 cm³/mol. The summed E-state index contributed by atoms with van der Waals surface area (Å²) in [6.07, 6.45) is 0. The van der Waals surface area contributed by atoms with Gasteiger partial charge in [-0.3, -0.25) is 0 Å². The molecule has 0 heterocycles. The van der Waals surface area contributed by atoms with Gasteiger partial charge >= 0.3 is 0 Å². The fraction of sp³-hybridized carbons (Fsp3) is 0.294. The fourth-order valence-corrected chi connectivity index (χ4v) is 4.54. The van der Waals surface area contributed by atoms with Crippen LogP contribution in [0.2, 0.25) is 0 Å². The third-order valence-electron chi connectivity index (χ3n) is 3.99. The molecule has 4 nitrogen and oxygen atoms in total. The molecule has 0 unspecified atom stereocenters. The molecule has 0 aliphatic heterocycles. The molecule has 2 N–H and O–H groups in total. The first-order valence-corrected chi connectivity index (χ1v) is 8.40. The Morgan fingerprint density at radius 1 is 0.773 bits per heavy atom.